The molecule has 2 heteroatoms. The van der Waals surface area contributed by atoms with Crippen LogP contribution in [0.5, 0.6) is 0 Å². The molecule has 1 aromatic carbocycles. The van der Waals surface area contributed by atoms with Crippen LogP contribution in [0.4, 0.5) is 0 Å². The molecule has 0 saturated carbocycles. The molecule has 0 saturated heterocycles. The zero-order chi connectivity index (χ0) is 10.6. The molecule has 1 rings (SSSR count). The van der Waals surface area contributed by atoms with Gasteiger partial charge in [0.05, 0.1) is 8.07 Å². The lowest BCUT2D eigenvalue weighted by molar-refractivity contribution is -0.107. The van der Waals surface area contributed by atoms with E-state index in [-0.39, 0.29) is 0 Å². The van der Waals surface area contributed by atoms with Crippen LogP contribution in [-0.4, -0.2) is 14.4 Å². The van der Waals surface area contributed by atoms with Crippen LogP contribution in [0, 0.1) is 0 Å². The second-order valence-electron chi connectivity index (χ2n) is 4.39. The van der Waals surface area contributed by atoms with E-state index in [0.717, 1.165) is 6.29 Å². The van der Waals surface area contributed by atoms with E-state index in [2.05, 4.69) is 44.3 Å². The predicted molar refractivity (Wildman–Crippen MR) is 63.7 cm³/mol. The van der Waals surface area contributed by atoms with E-state index in [1.54, 1.807) is 0 Å². The molecule has 0 spiro atoms. The Morgan fingerprint density at radius 3 is 2.36 bits per heavy atom. The Balaban J connectivity index is 2.89. The van der Waals surface area contributed by atoms with Gasteiger partial charge in [-0.2, -0.15) is 0 Å². The van der Waals surface area contributed by atoms with Gasteiger partial charge in [0.15, 0.2) is 0 Å². The molecule has 0 amide bonds. The van der Waals surface area contributed by atoms with Gasteiger partial charge in [0.25, 0.3) is 0 Å². The van der Waals surface area contributed by atoms with Crippen molar-refractivity contribution in [2.75, 3.05) is 0 Å². The van der Waals surface area contributed by atoms with Gasteiger partial charge in [0.1, 0.15) is 6.29 Å². The van der Waals surface area contributed by atoms with Crippen molar-refractivity contribution in [2.24, 2.45) is 0 Å². The van der Waals surface area contributed by atoms with Gasteiger partial charge in [0, 0.05) is 6.42 Å². The van der Waals surface area contributed by atoms with Crippen molar-refractivity contribution < 1.29 is 4.79 Å². The van der Waals surface area contributed by atoms with Crippen LogP contribution >= 0.6 is 0 Å². The van der Waals surface area contributed by atoms with Gasteiger partial charge in [-0.05, 0) is 5.54 Å². The highest BCUT2D eigenvalue weighted by Gasteiger charge is 2.29. The van der Waals surface area contributed by atoms with Gasteiger partial charge in [0.2, 0.25) is 0 Å². The van der Waals surface area contributed by atoms with Gasteiger partial charge in [-0.15, -0.1) is 0 Å². The third-order valence-corrected chi connectivity index (χ3v) is 7.72. The fourth-order valence-electron chi connectivity index (χ4n) is 1.59. The van der Waals surface area contributed by atoms with E-state index in [4.69, 9.17) is 0 Å². The van der Waals surface area contributed by atoms with Gasteiger partial charge in [-0.1, -0.05) is 55.5 Å². The summed E-state index contributed by atoms with van der Waals surface area (Å²) in [5, 5.41) is 1.44. The van der Waals surface area contributed by atoms with Gasteiger partial charge in [-0.3, -0.25) is 0 Å². The minimum Gasteiger partial charge on any atom is -0.303 e. The first-order valence-electron chi connectivity index (χ1n) is 5.08. The SMILES string of the molecule is CC(CC=O)[Si](C)(C)c1ccccc1. The van der Waals surface area contributed by atoms with Crippen LogP contribution < -0.4 is 5.19 Å². The predicted octanol–water partition coefficient (Wildman–Crippen LogP) is 2.58. The lowest BCUT2D eigenvalue weighted by atomic mass is 10.3. The van der Waals surface area contributed by atoms with Crippen molar-refractivity contribution >= 4 is 19.5 Å². The monoisotopic (exact) mass is 206 g/mol. The van der Waals surface area contributed by atoms with Crippen LogP contribution in [0.25, 0.3) is 0 Å². The fourth-order valence-corrected chi connectivity index (χ4v) is 3.90. The summed E-state index contributed by atoms with van der Waals surface area (Å²) in [5.41, 5.74) is 0.516. The first-order valence-corrected chi connectivity index (χ1v) is 8.16. The molecular formula is C12H18OSi. The highest BCUT2D eigenvalue weighted by molar-refractivity contribution is 6.91. The topological polar surface area (TPSA) is 17.1 Å². The molecule has 0 aliphatic carbocycles. The molecule has 0 fully saturated rings. The normalized spacial score (nSPS) is 13.6. The van der Waals surface area contributed by atoms with Crippen LogP contribution in [0.15, 0.2) is 30.3 Å². The number of aldehydes is 1. The maximum absolute atomic E-state index is 10.5. The van der Waals surface area contributed by atoms with Crippen molar-refractivity contribution in [3.63, 3.8) is 0 Å². The van der Waals surface area contributed by atoms with E-state index in [9.17, 15) is 4.79 Å². The number of hydrogen-bond acceptors (Lipinski definition) is 1. The zero-order valence-electron chi connectivity index (χ0n) is 9.16. The largest absolute Gasteiger partial charge is 0.303 e. The molecule has 0 bridgehead atoms. The molecule has 1 nitrogen and oxygen atoms in total. The molecular weight excluding hydrogens is 188 g/mol. The Kier molecular flexibility index (Phi) is 3.64. The van der Waals surface area contributed by atoms with Gasteiger partial charge >= 0.3 is 0 Å². The van der Waals surface area contributed by atoms with Crippen molar-refractivity contribution in [1.82, 2.24) is 0 Å². The average molecular weight is 206 g/mol. The molecule has 0 heterocycles. The van der Waals surface area contributed by atoms with E-state index < -0.39 is 8.07 Å². The molecule has 0 N–H and O–H groups in total. The summed E-state index contributed by atoms with van der Waals surface area (Å²) in [5.74, 6) is 0. The van der Waals surface area contributed by atoms with Gasteiger partial charge in [-0.25, -0.2) is 0 Å². The first-order chi connectivity index (χ1) is 6.59. The highest BCUT2D eigenvalue weighted by Crippen LogP contribution is 2.23. The third kappa shape index (κ3) is 2.32. The lowest BCUT2D eigenvalue weighted by Gasteiger charge is -2.29. The Bertz CT molecular complexity index is 292. The molecule has 0 aliphatic heterocycles. The van der Waals surface area contributed by atoms with Crippen LogP contribution in [0.1, 0.15) is 13.3 Å². The summed E-state index contributed by atoms with van der Waals surface area (Å²) in [6.45, 7) is 6.85. The van der Waals surface area contributed by atoms with Crippen molar-refractivity contribution in [3.8, 4) is 0 Å². The quantitative estimate of drug-likeness (QED) is 0.546. The number of carbonyl (C=O) groups is 1. The minimum atomic E-state index is -1.44. The second-order valence-corrected chi connectivity index (χ2v) is 9.40. The standard InChI is InChI=1S/C12H18OSi/c1-11(9-10-13)14(2,3)12-7-5-4-6-8-12/h4-8,10-11H,9H2,1-3H3. The summed E-state index contributed by atoms with van der Waals surface area (Å²) in [6, 6.07) is 10.6. The summed E-state index contributed by atoms with van der Waals surface area (Å²) in [6.07, 6.45) is 1.73. The number of hydrogen-bond donors (Lipinski definition) is 0. The summed E-state index contributed by atoms with van der Waals surface area (Å²) >= 11 is 0. The maximum atomic E-state index is 10.5. The zero-order valence-corrected chi connectivity index (χ0v) is 10.2. The number of rotatable bonds is 4. The fraction of sp³-hybridized carbons (Fsp3) is 0.417. The Morgan fingerprint density at radius 1 is 1.29 bits per heavy atom. The molecule has 0 aliphatic rings. The van der Waals surface area contributed by atoms with Crippen molar-refractivity contribution in [2.45, 2.75) is 32.0 Å². The van der Waals surface area contributed by atoms with Crippen molar-refractivity contribution in [1.29, 1.82) is 0 Å². The molecule has 76 valence electrons. The van der Waals surface area contributed by atoms with E-state index in [1.165, 1.54) is 5.19 Å². The van der Waals surface area contributed by atoms with E-state index >= 15 is 0 Å². The molecule has 1 aromatic rings. The smallest absolute Gasteiger partial charge is 0.119 e. The number of benzene rings is 1. The number of carbonyl (C=O) groups excluding carboxylic acids is 1. The van der Waals surface area contributed by atoms with E-state index in [0.29, 0.717) is 12.0 Å². The Labute approximate surface area is 87.2 Å². The average Bonchev–Trinajstić information content (AvgIpc) is 2.19. The third-order valence-electron chi connectivity index (χ3n) is 3.20. The van der Waals surface area contributed by atoms with Crippen LogP contribution in [0.2, 0.25) is 18.6 Å². The second kappa shape index (κ2) is 4.56. The maximum Gasteiger partial charge on any atom is 0.119 e. The lowest BCUT2D eigenvalue weighted by Crippen LogP contribution is -2.45. The van der Waals surface area contributed by atoms with Gasteiger partial charge < -0.3 is 4.79 Å². The van der Waals surface area contributed by atoms with E-state index in [1.807, 2.05) is 6.07 Å². The summed E-state index contributed by atoms with van der Waals surface area (Å²) < 4.78 is 0. The molecule has 14 heavy (non-hydrogen) atoms. The molecule has 0 radical (unpaired) electrons. The minimum absolute atomic E-state index is 0.516. The Hall–Kier alpha value is -0.893. The first kappa shape index (κ1) is 11.2. The van der Waals surface area contributed by atoms with Crippen LogP contribution in [0.3, 0.4) is 0 Å². The molecule has 1 atom stereocenters. The van der Waals surface area contributed by atoms with Crippen molar-refractivity contribution in [3.05, 3.63) is 30.3 Å². The van der Waals surface area contributed by atoms with Crippen LogP contribution in [-0.2, 0) is 4.79 Å². The summed E-state index contributed by atoms with van der Waals surface area (Å²) in [4.78, 5) is 10.5. The molecule has 0 aromatic heterocycles. The summed E-state index contributed by atoms with van der Waals surface area (Å²) in [7, 11) is -1.44. The molecule has 1 unspecified atom stereocenters. The highest BCUT2D eigenvalue weighted by atomic mass is 28.3. The Morgan fingerprint density at radius 2 is 1.86 bits per heavy atom.